The number of thioether (sulfide) groups is 1. The van der Waals surface area contributed by atoms with Crippen molar-refractivity contribution in [2.24, 2.45) is 5.92 Å². The third kappa shape index (κ3) is 5.06. The highest BCUT2D eigenvalue weighted by Crippen LogP contribution is 2.55. The van der Waals surface area contributed by atoms with E-state index in [2.05, 4.69) is 21.2 Å². The standard InChI is InChI=1S/C29H20BrCl2N3O4S2/c1-14-5-9-16(10-6-14)33-20(36)13-34-28-25(41-29(34)39)21(18-3-2-4-19(31)23(18)32)22-24(40-28)27(38)35(26(22)37)17-11-7-15(30)8-12-17/h2-12,21-22,24H,13H2,1H3,(H,33,36)/t21-,22?,24?/m1/s1. The van der Waals surface area contributed by atoms with Gasteiger partial charge in [-0.25, -0.2) is 4.90 Å². The van der Waals surface area contributed by atoms with Crippen molar-refractivity contribution >= 4 is 91.3 Å². The molecule has 41 heavy (non-hydrogen) atoms. The molecule has 12 heteroatoms. The maximum absolute atomic E-state index is 14.0. The fraction of sp³-hybridized carbons (Fsp3) is 0.172. The normalized spacial score (nSPS) is 19.7. The quantitative estimate of drug-likeness (QED) is 0.235. The molecule has 1 N–H and O–H groups in total. The number of hydrogen-bond donors (Lipinski definition) is 1. The summed E-state index contributed by atoms with van der Waals surface area (Å²) in [7, 11) is 0. The van der Waals surface area contributed by atoms with Crippen molar-refractivity contribution in [3.8, 4) is 0 Å². The van der Waals surface area contributed by atoms with Gasteiger partial charge in [0.25, 0.3) is 0 Å². The third-order valence-corrected chi connectivity index (χ3v) is 11.1. The Hall–Kier alpha value is -2.89. The molecule has 3 aromatic carbocycles. The van der Waals surface area contributed by atoms with Gasteiger partial charge in [0.2, 0.25) is 17.7 Å². The van der Waals surface area contributed by atoms with Crippen molar-refractivity contribution in [2.45, 2.75) is 29.7 Å². The zero-order chi connectivity index (χ0) is 29.0. The lowest BCUT2D eigenvalue weighted by Crippen LogP contribution is -2.33. The molecule has 1 fully saturated rings. The Morgan fingerprint density at radius 3 is 2.39 bits per heavy atom. The molecule has 0 spiro atoms. The molecular formula is C29H20BrCl2N3O4S2. The summed E-state index contributed by atoms with van der Waals surface area (Å²) < 4.78 is 2.18. The minimum atomic E-state index is -0.834. The van der Waals surface area contributed by atoms with Crippen molar-refractivity contribution < 1.29 is 14.4 Å². The molecule has 208 valence electrons. The molecule has 4 aromatic rings. The van der Waals surface area contributed by atoms with Gasteiger partial charge in [0.15, 0.2) is 0 Å². The number of nitrogens with one attached hydrogen (secondary N) is 1. The molecule has 7 nitrogen and oxygen atoms in total. The molecule has 0 aliphatic carbocycles. The highest BCUT2D eigenvalue weighted by Gasteiger charge is 2.57. The summed E-state index contributed by atoms with van der Waals surface area (Å²) in [5.41, 5.74) is 2.66. The number of aryl methyl sites for hydroxylation is 1. The predicted molar refractivity (Wildman–Crippen MR) is 166 cm³/mol. The number of rotatable bonds is 5. The van der Waals surface area contributed by atoms with Crippen LogP contribution in [0.25, 0.3) is 0 Å². The fourth-order valence-electron chi connectivity index (χ4n) is 5.18. The second kappa shape index (κ2) is 11.1. The second-order valence-corrected chi connectivity index (χ2v) is 13.5. The Bertz CT molecular complexity index is 1770. The summed E-state index contributed by atoms with van der Waals surface area (Å²) in [5.74, 6) is -2.70. The lowest BCUT2D eigenvalue weighted by molar-refractivity contribution is -0.122. The maximum Gasteiger partial charge on any atom is 0.308 e. The van der Waals surface area contributed by atoms with E-state index in [4.69, 9.17) is 23.2 Å². The van der Waals surface area contributed by atoms with Crippen molar-refractivity contribution in [2.75, 3.05) is 10.2 Å². The number of imide groups is 1. The van der Waals surface area contributed by atoms with Crippen LogP contribution in [0.4, 0.5) is 11.4 Å². The first-order chi connectivity index (χ1) is 19.6. The summed E-state index contributed by atoms with van der Waals surface area (Å²) in [6.45, 7) is 1.69. The van der Waals surface area contributed by atoms with Crippen LogP contribution in [0, 0.1) is 12.8 Å². The summed E-state index contributed by atoms with van der Waals surface area (Å²) in [5, 5.41) is 3.01. The van der Waals surface area contributed by atoms with Crippen LogP contribution in [0.2, 0.25) is 10.0 Å². The number of benzene rings is 3. The summed E-state index contributed by atoms with van der Waals surface area (Å²) in [6, 6.07) is 19.4. The third-order valence-electron chi connectivity index (χ3n) is 7.09. The smallest absolute Gasteiger partial charge is 0.308 e. The van der Waals surface area contributed by atoms with E-state index in [0.29, 0.717) is 31.9 Å². The number of hydrogen-bond acceptors (Lipinski definition) is 6. The molecule has 3 atom stereocenters. The summed E-state index contributed by atoms with van der Waals surface area (Å²) in [4.78, 5) is 55.5. The van der Waals surface area contributed by atoms with Crippen LogP contribution >= 0.6 is 62.2 Å². The van der Waals surface area contributed by atoms with E-state index in [0.717, 1.165) is 33.1 Å². The largest absolute Gasteiger partial charge is 0.325 e. The molecular weight excluding hydrogens is 669 g/mol. The van der Waals surface area contributed by atoms with Crippen LogP contribution in [0.5, 0.6) is 0 Å². The van der Waals surface area contributed by atoms with E-state index < -0.39 is 23.0 Å². The van der Waals surface area contributed by atoms with Gasteiger partial charge in [-0.05, 0) is 55.0 Å². The van der Waals surface area contributed by atoms with Gasteiger partial charge < -0.3 is 5.32 Å². The number of carbonyl (C=O) groups excluding carboxylic acids is 3. The van der Waals surface area contributed by atoms with Gasteiger partial charge in [-0.1, -0.05) is 92.1 Å². The lowest BCUT2D eigenvalue weighted by atomic mass is 9.83. The number of carbonyl (C=O) groups is 3. The van der Waals surface area contributed by atoms with E-state index in [1.165, 1.54) is 9.47 Å². The molecule has 2 unspecified atom stereocenters. The van der Waals surface area contributed by atoms with E-state index in [-0.39, 0.29) is 28.3 Å². The molecule has 0 radical (unpaired) electrons. The SMILES string of the molecule is Cc1ccc(NC(=O)Cn2c3c(sc2=O)[C@H](c2cccc(Cl)c2Cl)C2C(=O)N(c4ccc(Br)cc4)C(=O)C2S3)cc1. The van der Waals surface area contributed by atoms with Crippen LogP contribution in [0.1, 0.15) is 21.9 Å². The van der Waals surface area contributed by atoms with Crippen molar-refractivity contribution in [1.29, 1.82) is 0 Å². The first kappa shape index (κ1) is 28.2. The van der Waals surface area contributed by atoms with Gasteiger partial charge in [-0.15, -0.1) is 0 Å². The number of anilines is 2. The molecule has 2 aliphatic rings. The first-order valence-corrected chi connectivity index (χ1v) is 15.7. The fourth-order valence-corrected chi connectivity index (χ4v) is 8.63. The molecule has 0 saturated carbocycles. The average molecular weight is 689 g/mol. The molecule has 0 bridgehead atoms. The average Bonchev–Trinajstić information content (AvgIpc) is 3.38. The van der Waals surface area contributed by atoms with Crippen LogP contribution in [-0.4, -0.2) is 27.5 Å². The second-order valence-electron chi connectivity index (χ2n) is 9.71. The summed E-state index contributed by atoms with van der Waals surface area (Å²) >= 11 is 18.5. The first-order valence-electron chi connectivity index (χ1n) is 12.5. The molecule has 1 saturated heterocycles. The van der Waals surface area contributed by atoms with Crippen LogP contribution < -0.4 is 15.1 Å². The van der Waals surface area contributed by atoms with Crippen molar-refractivity contribution in [1.82, 2.24) is 4.57 Å². The van der Waals surface area contributed by atoms with E-state index in [1.807, 2.05) is 19.1 Å². The minimum absolute atomic E-state index is 0.252. The Morgan fingerprint density at radius 2 is 1.68 bits per heavy atom. The van der Waals surface area contributed by atoms with E-state index >= 15 is 0 Å². The molecule has 1 aromatic heterocycles. The zero-order valence-corrected chi connectivity index (χ0v) is 26.0. The van der Waals surface area contributed by atoms with Crippen LogP contribution in [0.3, 0.4) is 0 Å². The zero-order valence-electron chi connectivity index (χ0n) is 21.3. The summed E-state index contributed by atoms with van der Waals surface area (Å²) in [6.07, 6.45) is 0. The molecule has 6 rings (SSSR count). The molecule has 3 heterocycles. The molecule has 3 amide bonds. The number of thiazole rings is 1. The van der Waals surface area contributed by atoms with E-state index in [1.54, 1.807) is 54.6 Å². The van der Waals surface area contributed by atoms with E-state index in [9.17, 15) is 19.2 Å². The monoisotopic (exact) mass is 687 g/mol. The van der Waals surface area contributed by atoms with Gasteiger partial charge in [0, 0.05) is 21.0 Å². The van der Waals surface area contributed by atoms with Crippen LogP contribution in [0.15, 0.2) is 81.0 Å². The molecule has 2 aliphatic heterocycles. The maximum atomic E-state index is 14.0. The van der Waals surface area contributed by atoms with Crippen molar-refractivity contribution in [3.05, 3.63) is 107 Å². The number of aromatic nitrogens is 1. The van der Waals surface area contributed by atoms with Gasteiger partial charge in [0.05, 0.1) is 26.7 Å². The number of halogens is 3. The topological polar surface area (TPSA) is 88.5 Å². The van der Waals surface area contributed by atoms with Gasteiger partial charge in [0.1, 0.15) is 11.8 Å². The number of amides is 3. The highest BCUT2D eigenvalue weighted by molar-refractivity contribution is 9.10. The highest BCUT2D eigenvalue weighted by atomic mass is 79.9. The van der Waals surface area contributed by atoms with Gasteiger partial charge in [-0.3, -0.25) is 23.7 Å². The van der Waals surface area contributed by atoms with Crippen LogP contribution in [-0.2, 0) is 20.9 Å². The number of nitrogens with zero attached hydrogens (tertiary/aromatic N) is 2. The Morgan fingerprint density at radius 1 is 0.976 bits per heavy atom. The number of fused-ring (bicyclic) bond motifs is 2. The Labute approximate surface area is 261 Å². The Balaban J connectivity index is 1.43. The Kier molecular flexibility index (Phi) is 7.63. The minimum Gasteiger partial charge on any atom is -0.325 e. The lowest BCUT2D eigenvalue weighted by Gasteiger charge is -2.31. The van der Waals surface area contributed by atoms with Gasteiger partial charge >= 0.3 is 4.87 Å². The predicted octanol–water partition coefficient (Wildman–Crippen LogP) is 6.72. The van der Waals surface area contributed by atoms with Gasteiger partial charge in [-0.2, -0.15) is 0 Å². The van der Waals surface area contributed by atoms with Crippen molar-refractivity contribution in [3.63, 3.8) is 0 Å².